The molecule has 0 saturated heterocycles. The summed E-state index contributed by atoms with van der Waals surface area (Å²) in [6, 6.07) is 20.5. The smallest absolute Gasteiger partial charge is 0.244 e. The van der Waals surface area contributed by atoms with E-state index in [4.69, 9.17) is 23.2 Å². The minimum Gasteiger partial charge on any atom is -0.354 e. The summed E-state index contributed by atoms with van der Waals surface area (Å²) in [5.41, 5.74) is 2.84. The van der Waals surface area contributed by atoms with Crippen LogP contribution in [-0.2, 0) is 32.6 Å². The van der Waals surface area contributed by atoms with Crippen LogP contribution >= 0.6 is 23.2 Å². The summed E-state index contributed by atoms with van der Waals surface area (Å²) in [6.45, 7) is 7.97. The second kappa shape index (κ2) is 14.9. The lowest BCUT2D eigenvalue weighted by atomic mass is 10.0. The number of carbonyl (C=O) groups excluding carboxylic acids is 2. The molecule has 0 aliphatic rings. The van der Waals surface area contributed by atoms with Crippen molar-refractivity contribution < 1.29 is 18.0 Å². The third-order valence-electron chi connectivity index (χ3n) is 6.84. The Labute approximate surface area is 259 Å². The fourth-order valence-electron chi connectivity index (χ4n) is 4.45. The van der Waals surface area contributed by atoms with Gasteiger partial charge in [0.25, 0.3) is 0 Å². The van der Waals surface area contributed by atoms with Crippen LogP contribution in [0, 0.1) is 5.92 Å². The highest BCUT2D eigenvalue weighted by Gasteiger charge is 2.33. The highest BCUT2D eigenvalue weighted by Crippen LogP contribution is 2.26. The van der Waals surface area contributed by atoms with Crippen LogP contribution in [0.25, 0.3) is 0 Å². The van der Waals surface area contributed by atoms with Gasteiger partial charge >= 0.3 is 0 Å². The molecule has 0 aliphatic carbocycles. The molecule has 0 fully saturated rings. The summed E-state index contributed by atoms with van der Waals surface area (Å²) in [6.07, 6.45) is 1.29. The van der Waals surface area contributed by atoms with Crippen LogP contribution in [0.2, 0.25) is 10.0 Å². The molecule has 3 rings (SSSR count). The zero-order chi connectivity index (χ0) is 31.0. The van der Waals surface area contributed by atoms with Crippen LogP contribution in [0.3, 0.4) is 0 Å². The molecule has 3 aromatic carbocycles. The minimum absolute atomic E-state index is 0.0225. The van der Waals surface area contributed by atoms with E-state index in [-0.39, 0.29) is 30.7 Å². The van der Waals surface area contributed by atoms with Crippen LogP contribution in [0.5, 0.6) is 0 Å². The maximum atomic E-state index is 14.2. The van der Waals surface area contributed by atoms with Crippen molar-refractivity contribution >= 4 is 50.7 Å². The molecular weight excluding hydrogens is 593 g/mol. The number of amides is 2. The lowest BCUT2D eigenvalue weighted by Crippen LogP contribution is -2.53. The minimum atomic E-state index is -3.85. The third-order valence-corrected chi connectivity index (χ3v) is 8.57. The Kier molecular flexibility index (Phi) is 11.9. The predicted molar refractivity (Wildman–Crippen MR) is 172 cm³/mol. The van der Waals surface area contributed by atoms with Crippen molar-refractivity contribution in [3.63, 3.8) is 0 Å². The van der Waals surface area contributed by atoms with E-state index < -0.39 is 28.5 Å². The van der Waals surface area contributed by atoms with E-state index in [0.29, 0.717) is 27.8 Å². The van der Waals surface area contributed by atoms with Crippen LogP contribution in [-0.4, -0.2) is 50.5 Å². The van der Waals surface area contributed by atoms with E-state index >= 15 is 0 Å². The molecule has 2 amide bonds. The van der Waals surface area contributed by atoms with Gasteiger partial charge in [-0.3, -0.25) is 13.9 Å². The molecule has 0 spiro atoms. The first-order valence-electron chi connectivity index (χ1n) is 13.9. The molecule has 0 aliphatic heterocycles. The van der Waals surface area contributed by atoms with E-state index in [1.54, 1.807) is 30.3 Å². The number of rotatable bonds is 13. The zero-order valence-electron chi connectivity index (χ0n) is 24.7. The third kappa shape index (κ3) is 9.48. The van der Waals surface area contributed by atoms with Crippen molar-refractivity contribution in [3.05, 3.63) is 99.5 Å². The lowest BCUT2D eigenvalue weighted by Gasteiger charge is -2.34. The number of nitrogens with one attached hydrogen (secondary N) is 1. The summed E-state index contributed by atoms with van der Waals surface area (Å²) in [5, 5.41) is 3.73. The van der Waals surface area contributed by atoms with Crippen molar-refractivity contribution in [1.82, 2.24) is 10.2 Å². The van der Waals surface area contributed by atoms with Crippen LogP contribution in [0.4, 0.5) is 5.69 Å². The summed E-state index contributed by atoms with van der Waals surface area (Å²) in [7, 11) is -3.85. The Morgan fingerprint density at radius 3 is 2.10 bits per heavy atom. The Morgan fingerprint density at radius 2 is 1.55 bits per heavy atom. The average Bonchev–Trinajstić information content (AvgIpc) is 2.93. The van der Waals surface area contributed by atoms with E-state index in [9.17, 15) is 18.0 Å². The highest BCUT2D eigenvalue weighted by molar-refractivity contribution is 7.92. The van der Waals surface area contributed by atoms with Crippen LogP contribution in [0.15, 0.2) is 72.8 Å². The van der Waals surface area contributed by atoms with E-state index in [2.05, 4.69) is 5.32 Å². The molecule has 1 N–H and O–H groups in total. The topological polar surface area (TPSA) is 86.8 Å². The summed E-state index contributed by atoms with van der Waals surface area (Å²) >= 11 is 12.6. The fraction of sp³-hybridized carbons (Fsp3) is 0.375. The standard InChI is InChI=1S/C32H39Cl2N3O4S/c1-22(2)19-35-32(39)30(17-24-9-7-6-8-10-24)36(20-26-11-14-27(33)18-29(26)34)31(38)21-37(42(5,40)41)28-15-12-25(13-16-28)23(3)4/h6-16,18,22-23,30H,17,19-21H2,1-5H3,(H,35,39)/t30-/m0/s1. The van der Waals surface area contributed by atoms with Crippen molar-refractivity contribution in [2.45, 2.75) is 52.6 Å². The zero-order valence-corrected chi connectivity index (χ0v) is 27.0. The van der Waals surface area contributed by atoms with Crippen molar-refractivity contribution in [2.75, 3.05) is 23.7 Å². The first kappa shape index (κ1) is 33.4. The van der Waals surface area contributed by atoms with Crippen LogP contribution in [0.1, 0.15) is 50.3 Å². The Bertz CT molecular complexity index is 1460. The summed E-state index contributed by atoms with van der Waals surface area (Å²) in [4.78, 5) is 29.3. The van der Waals surface area contributed by atoms with Gasteiger partial charge in [0.1, 0.15) is 12.6 Å². The summed E-state index contributed by atoms with van der Waals surface area (Å²) < 4.78 is 27.0. The molecule has 1 atom stereocenters. The molecule has 0 heterocycles. The van der Waals surface area contributed by atoms with Gasteiger partial charge in [-0.05, 0) is 52.8 Å². The number of hydrogen-bond donors (Lipinski definition) is 1. The molecule has 226 valence electrons. The number of benzene rings is 3. The molecule has 0 unspecified atom stereocenters. The van der Waals surface area contributed by atoms with Gasteiger partial charge in [-0.1, -0.05) is 99.4 Å². The van der Waals surface area contributed by atoms with Crippen molar-refractivity contribution in [1.29, 1.82) is 0 Å². The van der Waals surface area contributed by atoms with E-state index in [1.165, 1.54) is 4.90 Å². The van der Waals surface area contributed by atoms with Gasteiger partial charge in [-0.2, -0.15) is 0 Å². The number of carbonyl (C=O) groups is 2. The van der Waals surface area contributed by atoms with Gasteiger partial charge in [0.05, 0.1) is 11.9 Å². The SMILES string of the molecule is CC(C)CNC(=O)[C@H](Cc1ccccc1)N(Cc1ccc(Cl)cc1Cl)C(=O)CN(c1ccc(C(C)C)cc1)S(C)(=O)=O. The largest absolute Gasteiger partial charge is 0.354 e. The second-order valence-electron chi connectivity index (χ2n) is 11.1. The molecule has 0 radical (unpaired) electrons. The number of sulfonamides is 1. The van der Waals surface area contributed by atoms with Gasteiger partial charge in [0, 0.05) is 29.6 Å². The summed E-state index contributed by atoms with van der Waals surface area (Å²) in [5.74, 6) is -0.427. The van der Waals surface area contributed by atoms with Gasteiger partial charge in [-0.15, -0.1) is 0 Å². The molecule has 0 bridgehead atoms. The van der Waals surface area contributed by atoms with E-state index in [0.717, 1.165) is 21.7 Å². The lowest BCUT2D eigenvalue weighted by molar-refractivity contribution is -0.140. The average molecular weight is 633 g/mol. The molecule has 0 saturated carbocycles. The number of hydrogen-bond acceptors (Lipinski definition) is 4. The Morgan fingerprint density at radius 1 is 0.905 bits per heavy atom. The van der Waals surface area contributed by atoms with Crippen LogP contribution < -0.4 is 9.62 Å². The normalized spacial score (nSPS) is 12.3. The Balaban J connectivity index is 2.06. The first-order valence-corrected chi connectivity index (χ1v) is 16.5. The molecule has 42 heavy (non-hydrogen) atoms. The first-order chi connectivity index (χ1) is 19.8. The molecule has 3 aromatic rings. The number of nitrogens with zero attached hydrogens (tertiary/aromatic N) is 2. The predicted octanol–water partition coefficient (Wildman–Crippen LogP) is 6.30. The van der Waals surface area contributed by atoms with Gasteiger partial charge in [0.2, 0.25) is 21.8 Å². The monoisotopic (exact) mass is 631 g/mol. The van der Waals surface area contributed by atoms with Gasteiger partial charge in [0.15, 0.2) is 0 Å². The maximum Gasteiger partial charge on any atom is 0.244 e. The molecular formula is C32H39Cl2N3O4S. The van der Waals surface area contributed by atoms with Crippen molar-refractivity contribution in [2.24, 2.45) is 5.92 Å². The number of halogens is 2. The van der Waals surface area contributed by atoms with E-state index in [1.807, 2.05) is 70.2 Å². The Hall–Kier alpha value is -3.07. The fourth-order valence-corrected chi connectivity index (χ4v) is 5.77. The van der Waals surface area contributed by atoms with Crippen molar-refractivity contribution in [3.8, 4) is 0 Å². The van der Waals surface area contributed by atoms with Gasteiger partial charge < -0.3 is 10.2 Å². The number of anilines is 1. The maximum absolute atomic E-state index is 14.2. The van der Waals surface area contributed by atoms with Gasteiger partial charge in [-0.25, -0.2) is 8.42 Å². The second-order valence-corrected chi connectivity index (χ2v) is 13.9. The highest BCUT2D eigenvalue weighted by atomic mass is 35.5. The molecule has 0 aromatic heterocycles. The molecule has 7 nitrogen and oxygen atoms in total. The quantitative estimate of drug-likeness (QED) is 0.240. The molecule has 10 heteroatoms.